The number of hydrogen-bond donors (Lipinski definition) is 1. The van der Waals surface area contributed by atoms with Crippen molar-refractivity contribution in [3.05, 3.63) is 39.7 Å². The van der Waals surface area contributed by atoms with Crippen LogP contribution in [0.2, 0.25) is 0 Å². The zero-order valence-corrected chi connectivity index (χ0v) is 14.7. The molecule has 0 atom stereocenters. The average Bonchev–Trinajstić information content (AvgIpc) is 2.49. The van der Waals surface area contributed by atoms with E-state index in [4.69, 9.17) is 4.98 Å². The Morgan fingerprint density at radius 1 is 1.20 bits per heavy atom. The minimum atomic E-state index is 0.860. The van der Waals surface area contributed by atoms with E-state index in [1.807, 2.05) is 37.0 Å². The topological polar surface area (TPSA) is 37.8 Å². The molecule has 106 valence electrons. The molecule has 0 aliphatic carbocycles. The summed E-state index contributed by atoms with van der Waals surface area (Å²) < 4.78 is 1.07. The Hall–Kier alpha value is -0.820. The lowest BCUT2D eigenvalue weighted by Crippen LogP contribution is -2.05. The van der Waals surface area contributed by atoms with Crippen molar-refractivity contribution in [1.82, 2.24) is 9.97 Å². The first-order chi connectivity index (χ1) is 9.76. The average molecular weight is 399 g/mol. The molecule has 0 radical (unpaired) electrons. The van der Waals surface area contributed by atoms with E-state index in [0.29, 0.717) is 0 Å². The summed E-state index contributed by atoms with van der Waals surface area (Å²) in [6.07, 6.45) is 1.18. The van der Waals surface area contributed by atoms with Gasteiger partial charge < -0.3 is 5.32 Å². The number of thioether (sulfide) groups is 1. The predicted molar refractivity (Wildman–Crippen MR) is 96.2 cm³/mol. The number of nitrogens with one attached hydrogen (secondary N) is 1. The first kappa shape index (κ1) is 15.6. The van der Waals surface area contributed by atoms with Gasteiger partial charge >= 0.3 is 0 Å². The van der Waals surface area contributed by atoms with Crippen molar-refractivity contribution in [2.45, 2.75) is 19.1 Å². The number of rotatable bonds is 6. The Morgan fingerprint density at radius 2 is 1.95 bits per heavy atom. The largest absolute Gasteiger partial charge is 0.372 e. The first-order valence-corrected chi connectivity index (χ1v) is 8.87. The summed E-state index contributed by atoms with van der Waals surface area (Å²) in [6.45, 7) is 2.19. The number of nitrogens with zero attached hydrogens (tertiary/aromatic N) is 2. The zero-order chi connectivity index (χ0) is 14.4. The molecule has 1 N–H and O–H groups in total. The molecule has 3 nitrogen and oxygen atoms in total. The van der Waals surface area contributed by atoms with E-state index in [-0.39, 0.29) is 0 Å². The summed E-state index contributed by atoms with van der Waals surface area (Å²) in [4.78, 5) is 9.34. The third kappa shape index (κ3) is 3.85. The van der Waals surface area contributed by atoms with Crippen molar-refractivity contribution >= 4 is 40.2 Å². The lowest BCUT2D eigenvalue weighted by atomic mass is 10.1. The molecule has 0 amide bonds. The number of anilines is 1. The van der Waals surface area contributed by atoms with Gasteiger partial charge in [0.2, 0.25) is 0 Å². The Balaban J connectivity index is 2.37. The van der Waals surface area contributed by atoms with E-state index in [1.54, 1.807) is 0 Å². The molecule has 5 heteroatoms. The third-order valence-corrected chi connectivity index (χ3v) is 4.94. The highest BCUT2D eigenvalue weighted by Crippen LogP contribution is 2.28. The van der Waals surface area contributed by atoms with Crippen LogP contribution in [-0.4, -0.2) is 22.8 Å². The van der Waals surface area contributed by atoms with Crippen molar-refractivity contribution in [1.29, 1.82) is 0 Å². The second-order valence-corrected chi connectivity index (χ2v) is 6.50. The molecule has 2 rings (SSSR count). The molecule has 0 fully saturated rings. The minimum absolute atomic E-state index is 0.860. The number of aromatic nitrogens is 2. The molecule has 0 aliphatic rings. The quantitative estimate of drug-likeness (QED) is 0.576. The fourth-order valence-corrected chi connectivity index (χ4v) is 3.39. The highest BCUT2D eigenvalue weighted by molar-refractivity contribution is 14.1. The lowest BCUT2D eigenvalue weighted by molar-refractivity contribution is 1.02. The van der Waals surface area contributed by atoms with E-state index < -0.39 is 0 Å². The maximum atomic E-state index is 4.74. The van der Waals surface area contributed by atoms with Crippen LogP contribution in [-0.2, 0) is 5.75 Å². The summed E-state index contributed by atoms with van der Waals surface area (Å²) in [5, 5.41) is 3.17. The smallest absolute Gasteiger partial charge is 0.143 e. The predicted octanol–water partition coefficient (Wildman–Crippen LogP) is 4.43. The van der Waals surface area contributed by atoms with Crippen LogP contribution in [0.3, 0.4) is 0 Å². The molecule has 0 unspecified atom stereocenters. The van der Waals surface area contributed by atoms with E-state index in [1.165, 1.54) is 6.42 Å². The summed E-state index contributed by atoms with van der Waals surface area (Å²) in [5.74, 6) is 3.81. The monoisotopic (exact) mass is 399 g/mol. The van der Waals surface area contributed by atoms with E-state index in [2.05, 4.69) is 51.9 Å². The molecule has 1 aromatic carbocycles. The van der Waals surface area contributed by atoms with E-state index >= 15 is 0 Å². The van der Waals surface area contributed by atoms with Crippen LogP contribution >= 0.6 is 34.4 Å². The molecule has 0 spiro atoms. The minimum Gasteiger partial charge on any atom is -0.372 e. The van der Waals surface area contributed by atoms with Gasteiger partial charge in [0.25, 0.3) is 0 Å². The van der Waals surface area contributed by atoms with Gasteiger partial charge in [0.15, 0.2) is 0 Å². The summed E-state index contributed by atoms with van der Waals surface area (Å²) in [6, 6.07) is 10.3. The summed E-state index contributed by atoms with van der Waals surface area (Å²) >= 11 is 4.19. The second-order valence-electron chi connectivity index (χ2n) is 4.32. The highest BCUT2D eigenvalue weighted by atomic mass is 127. The third-order valence-electron chi connectivity index (χ3n) is 2.76. The molecule has 1 aromatic heterocycles. The maximum Gasteiger partial charge on any atom is 0.143 e. The Labute approximate surface area is 138 Å². The molecule has 0 aliphatic heterocycles. The Morgan fingerprint density at radius 3 is 2.60 bits per heavy atom. The van der Waals surface area contributed by atoms with Gasteiger partial charge in [-0.15, -0.1) is 0 Å². The lowest BCUT2D eigenvalue weighted by Gasteiger charge is -2.11. The van der Waals surface area contributed by atoms with Gasteiger partial charge in [0, 0.05) is 12.6 Å². The Bertz CT molecular complexity index is 561. The molecule has 1 heterocycles. The van der Waals surface area contributed by atoms with Gasteiger partial charge in [-0.3, -0.25) is 0 Å². The SMILES string of the molecule is CCCSCc1nc(NC)c(I)c(-c2ccccc2)n1. The van der Waals surface area contributed by atoms with Gasteiger partial charge in [0.05, 0.1) is 15.0 Å². The first-order valence-electron chi connectivity index (χ1n) is 6.63. The van der Waals surface area contributed by atoms with Crippen LogP contribution in [0, 0.1) is 3.57 Å². The molecule has 0 bridgehead atoms. The Kier molecular flexibility index (Phi) is 6.09. The fourth-order valence-electron chi connectivity index (χ4n) is 1.82. The normalized spacial score (nSPS) is 10.6. The highest BCUT2D eigenvalue weighted by Gasteiger charge is 2.12. The van der Waals surface area contributed by atoms with Crippen molar-refractivity contribution in [3.63, 3.8) is 0 Å². The fraction of sp³-hybridized carbons (Fsp3) is 0.333. The number of halogens is 1. The van der Waals surface area contributed by atoms with Crippen molar-refractivity contribution in [3.8, 4) is 11.3 Å². The molecular formula is C15H18IN3S. The molecule has 2 aromatic rings. The van der Waals surface area contributed by atoms with Gasteiger partial charge in [-0.1, -0.05) is 37.3 Å². The van der Waals surface area contributed by atoms with Gasteiger partial charge in [-0.2, -0.15) is 11.8 Å². The van der Waals surface area contributed by atoms with Crippen LogP contribution in [0.15, 0.2) is 30.3 Å². The van der Waals surface area contributed by atoms with Crippen LogP contribution in [0.25, 0.3) is 11.3 Å². The summed E-state index contributed by atoms with van der Waals surface area (Å²) in [7, 11) is 1.90. The second kappa shape index (κ2) is 7.83. The molecular weight excluding hydrogens is 381 g/mol. The van der Waals surface area contributed by atoms with Gasteiger partial charge in [-0.05, 0) is 34.8 Å². The maximum absolute atomic E-state index is 4.74. The zero-order valence-electron chi connectivity index (χ0n) is 11.7. The van der Waals surface area contributed by atoms with Crippen molar-refractivity contribution < 1.29 is 0 Å². The van der Waals surface area contributed by atoms with Crippen LogP contribution in [0.4, 0.5) is 5.82 Å². The molecule has 0 saturated carbocycles. The van der Waals surface area contributed by atoms with Crippen LogP contribution in [0.5, 0.6) is 0 Å². The number of benzene rings is 1. The van der Waals surface area contributed by atoms with Crippen LogP contribution in [0.1, 0.15) is 19.2 Å². The standard InChI is InChI=1S/C15H18IN3S/c1-3-9-20-10-12-18-14(11-7-5-4-6-8-11)13(16)15(17-2)19-12/h4-8H,3,9-10H2,1-2H3,(H,17,18,19). The van der Waals surface area contributed by atoms with Crippen molar-refractivity contribution in [2.24, 2.45) is 0 Å². The van der Waals surface area contributed by atoms with Crippen molar-refractivity contribution in [2.75, 3.05) is 18.1 Å². The van der Waals surface area contributed by atoms with Gasteiger partial charge in [0.1, 0.15) is 11.6 Å². The van der Waals surface area contributed by atoms with E-state index in [0.717, 1.165) is 38.0 Å². The van der Waals surface area contributed by atoms with Gasteiger partial charge in [-0.25, -0.2) is 9.97 Å². The van der Waals surface area contributed by atoms with E-state index in [9.17, 15) is 0 Å². The number of hydrogen-bond acceptors (Lipinski definition) is 4. The molecule has 0 saturated heterocycles. The molecule has 20 heavy (non-hydrogen) atoms. The summed E-state index contributed by atoms with van der Waals surface area (Å²) in [5.41, 5.74) is 2.15. The van der Waals surface area contributed by atoms with Crippen LogP contribution < -0.4 is 5.32 Å².